The van der Waals surface area contributed by atoms with E-state index in [1.807, 2.05) is 42.0 Å². The fourth-order valence-electron chi connectivity index (χ4n) is 3.72. The van der Waals surface area contributed by atoms with Crippen LogP contribution < -0.4 is 5.32 Å². The Hall–Kier alpha value is -2.49. The normalized spacial score (nSPS) is 17.3. The van der Waals surface area contributed by atoms with Crippen LogP contribution in [0.2, 0.25) is 0 Å². The Bertz CT molecular complexity index is 1120. The van der Waals surface area contributed by atoms with Gasteiger partial charge in [-0.15, -0.1) is 11.3 Å². The van der Waals surface area contributed by atoms with Gasteiger partial charge in [0.15, 0.2) is 0 Å². The second kappa shape index (κ2) is 8.71. The van der Waals surface area contributed by atoms with E-state index in [9.17, 15) is 13.2 Å². The Morgan fingerprint density at radius 3 is 2.73 bits per heavy atom. The van der Waals surface area contributed by atoms with E-state index >= 15 is 0 Å². The second-order valence-corrected chi connectivity index (χ2v) is 10.8. The molecule has 3 heterocycles. The molecule has 158 valence electrons. The highest BCUT2D eigenvalue weighted by atomic mass is 32.2. The highest BCUT2D eigenvalue weighted by molar-refractivity contribution is 7.91. The first kappa shape index (κ1) is 20.8. The number of imidazole rings is 1. The monoisotopic (exact) mass is 444 g/mol. The topological polar surface area (TPSA) is 84.3 Å². The van der Waals surface area contributed by atoms with E-state index in [0.29, 0.717) is 36.7 Å². The molecule has 4 rings (SSSR count). The van der Waals surface area contributed by atoms with Gasteiger partial charge in [0.05, 0.1) is 6.33 Å². The second-order valence-electron chi connectivity index (χ2n) is 7.36. The predicted octanol–water partition coefficient (Wildman–Crippen LogP) is 2.77. The standard InChI is InChI=1S/C21H24N4O3S2/c1-16-8-9-20(29-16)30(27,28)25-11-4-7-19(25)21(26)23-13-17-5-2-3-6-18(17)14-24-12-10-22-15-24/h2-3,5-6,8-10,12,15,19H,4,7,11,13-14H2,1H3,(H,23,26). The number of nitrogens with one attached hydrogen (secondary N) is 1. The van der Waals surface area contributed by atoms with Crippen LogP contribution in [0.25, 0.3) is 0 Å². The molecule has 0 radical (unpaired) electrons. The summed E-state index contributed by atoms with van der Waals surface area (Å²) in [6.45, 7) is 3.26. The van der Waals surface area contributed by atoms with Crippen molar-refractivity contribution in [2.75, 3.05) is 6.54 Å². The predicted molar refractivity (Wildman–Crippen MR) is 116 cm³/mol. The molecule has 9 heteroatoms. The smallest absolute Gasteiger partial charge is 0.253 e. The maximum absolute atomic E-state index is 13.0. The number of carbonyl (C=O) groups is 1. The lowest BCUT2D eigenvalue weighted by molar-refractivity contribution is -0.124. The summed E-state index contributed by atoms with van der Waals surface area (Å²) in [5.41, 5.74) is 2.08. The first-order chi connectivity index (χ1) is 14.4. The number of sulfonamides is 1. The number of aryl methyl sites for hydroxylation is 1. The van der Waals surface area contributed by atoms with Crippen molar-refractivity contribution >= 4 is 27.3 Å². The third-order valence-electron chi connectivity index (χ3n) is 5.27. The molecule has 0 aliphatic carbocycles. The van der Waals surface area contributed by atoms with Crippen LogP contribution in [0.1, 0.15) is 28.8 Å². The molecule has 7 nitrogen and oxygen atoms in total. The first-order valence-corrected chi connectivity index (χ1v) is 12.1. The van der Waals surface area contributed by atoms with Crippen molar-refractivity contribution < 1.29 is 13.2 Å². The van der Waals surface area contributed by atoms with E-state index in [4.69, 9.17) is 0 Å². The summed E-state index contributed by atoms with van der Waals surface area (Å²) >= 11 is 1.24. The van der Waals surface area contributed by atoms with Gasteiger partial charge in [0.2, 0.25) is 5.91 Å². The van der Waals surface area contributed by atoms with E-state index < -0.39 is 16.1 Å². The van der Waals surface area contributed by atoms with E-state index in [0.717, 1.165) is 16.0 Å². The van der Waals surface area contributed by atoms with Crippen LogP contribution in [0, 0.1) is 6.92 Å². The lowest BCUT2D eigenvalue weighted by Gasteiger charge is -2.23. The van der Waals surface area contributed by atoms with Crippen LogP contribution in [0.5, 0.6) is 0 Å². The molecular weight excluding hydrogens is 420 g/mol. The van der Waals surface area contributed by atoms with Crippen LogP contribution in [0.4, 0.5) is 0 Å². The van der Waals surface area contributed by atoms with Crippen molar-refractivity contribution in [1.29, 1.82) is 0 Å². The Morgan fingerprint density at radius 1 is 1.23 bits per heavy atom. The number of aromatic nitrogens is 2. The van der Waals surface area contributed by atoms with Gasteiger partial charge in [-0.1, -0.05) is 24.3 Å². The lowest BCUT2D eigenvalue weighted by atomic mass is 10.1. The van der Waals surface area contributed by atoms with Crippen LogP contribution in [0.3, 0.4) is 0 Å². The first-order valence-electron chi connectivity index (χ1n) is 9.83. The maximum Gasteiger partial charge on any atom is 0.253 e. The minimum Gasteiger partial charge on any atom is -0.351 e. The summed E-state index contributed by atoms with van der Waals surface area (Å²) in [6.07, 6.45) is 6.59. The summed E-state index contributed by atoms with van der Waals surface area (Å²) < 4.78 is 29.6. The molecular formula is C21H24N4O3S2. The quantitative estimate of drug-likeness (QED) is 0.607. The third kappa shape index (κ3) is 4.33. The molecule has 1 fully saturated rings. The number of hydrogen-bond donors (Lipinski definition) is 1. The van der Waals surface area contributed by atoms with Crippen LogP contribution in [-0.2, 0) is 27.9 Å². The van der Waals surface area contributed by atoms with Gasteiger partial charge >= 0.3 is 0 Å². The highest BCUT2D eigenvalue weighted by Gasteiger charge is 2.39. The van der Waals surface area contributed by atoms with Crippen molar-refractivity contribution in [3.05, 3.63) is 71.1 Å². The van der Waals surface area contributed by atoms with Crippen molar-refractivity contribution in [1.82, 2.24) is 19.2 Å². The molecule has 0 spiro atoms. The largest absolute Gasteiger partial charge is 0.351 e. The Balaban J connectivity index is 1.45. The lowest BCUT2D eigenvalue weighted by Crippen LogP contribution is -2.45. The van der Waals surface area contributed by atoms with Crippen molar-refractivity contribution in [2.45, 2.75) is 43.1 Å². The number of thiophene rings is 1. The molecule has 1 unspecified atom stereocenters. The zero-order valence-corrected chi connectivity index (χ0v) is 18.3. The molecule has 1 aliphatic rings. The molecule has 1 aliphatic heterocycles. The van der Waals surface area contributed by atoms with Gasteiger partial charge in [0.25, 0.3) is 10.0 Å². The average molecular weight is 445 g/mol. The summed E-state index contributed by atoms with van der Waals surface area (Å²) in [4.78, 5) is 17.9. The molecule has 0 bridgehead atoms. The van der Waals surface area contributed by atoms with Crippen LogP contribution in [-0.4, -0.2) is 40.8 Å². The number of hydrogen-bond acceptors (Lipinski definition) is 5. The molecule has 1 atom stereocenters. The summed E-state index contributed by atoms with van der Waals surface area (Å²) in [6, 6.07) is 10.6. The van der Waals surface area contributed by atoms with E-state index in [2.05, 4.69) is 10.3 Å². The highest BCUT2D eigenvalue weighted by Crippen LogP contribution is 2.30. The molecule has 1 saturated heterocycles. The SMILES string of the molecule is Cc1ccc(S(=O)(=O)N2CCCC2C(=O)NCc2ccccc2Cn2ccnc2)s1. The van der Waals surface area contributed by atoms with E-state index in [1.165, 1.54) is 15.6 Å². The third-order valence-corrected chi connectivity index (χ3v) is 8.64. The number of benzene rings is 1. The number of amides is 1. The molecule has 30 heavy (non-hydrogen) atoms. The number of rotatable bonds is 7. The zero-order valence-electron chi connectivity index (χ0n) is 16.7. The summed E-state index contributed by atoms with van der Waals surface area (Å²) in [5, 5.41) is 2.95. The Labute approximate surface area is 180 Å². The molecule has 1 N–H and O–H groups in total. The van der Waals surface area contributed by atoms with Gasteiger partial charge in [-0.2, -0.15) is 4.31 Å². The molecule has 0 saturated carbocycles. The summed E-state index contributed by atoms with van der Waals surface area (Å²) in [5.74, 6) is -0.248. The van der Waals surface area contributed by atoms with Crippen LogP contribution in [0.15, 0.2) is 59.3 Å². The zero-order chi connectivity index (χ0) is 21.1. The van der Waals surface area contributed by atoms with E-state index in [1.54, 1.807) is 24.7 Å². The van der Waals surface area contributed by atoms with Gasteiger partial charge < -0.3 is 9.88 Å². The molecule has 3 aromatic rings. The molecule has 1 aromatic carbocycles. The molecule has 1 amide bonds. The fourth-order valence-corrected chi connectivity index (χ4v) is 6.79. The minimum absolute atomic E-state index is 0.248. The van der Waals surface area contributed by atoms with Crippen molar-refractivity contribution in [3.63, 3.8) is 0 Å². The van der Waals surface area contributed by atoms with Gasteiger partial charge in [0.1, 0.15) is 10.3 Å². The average Bonchev–Trinajstić information content (AvgIpc) is 3.49. The van der Waals surface area contributed by atoms with Crippen molar-refractivity contribution in [2.24, 2.45) is 0 Å². The fraction of sp³-hybridized carbons (Fsp3) is 0.333. The van der Waals surface area contributed by atoms with Gasteiger partial charge in [-0.25, -0.2) is 13.4 Å². The van der Waals surface area contributed by atoms with E-state index in [-0.39, 0.29) is 5.91 Å². The van der Waals surface area contributed by atoms with Crippen molar-refractivity contribution in [3.8, 4) is 0 Å². The van der Waals surface area contributed by atoms with Crippen LogP contribution >= 0.6 is 11.3 Å². The summed E-state index contributed by atoms with van der Waals surface area (Å²) in [7, 11) is -3.66. The van der Waals surface area contributed by atoms with Gasteiger partial charge in [0, 0.05) is 36.9 Å². The van der Waals surface area contributed by atoms with Gasteiger partial charge in [-0.05, 0) is 43.0 Å². The Kier molecular flexibility index (Phi) is 6.03. The maximum atomic E-state index is 13.0. The Morgan fingerprint density at radius 2 is 2.03 bits per heavy atom. The van der Waals surface area contributed by atoms with Gasteiger partial charge in [-0.3, -0.25) is 4.79 Å². The number of carbonyl (C=O) groups excluding carboxylic acids is 1. The minimum atomic E-state index is -3.66. The number of nitrogens with zero attached hydrogens (tertiary/aromatic N) is 3. The molecule has 2 aromatic heterocycles.